The van der Waals surface area contributed by atoms with Gasteiger partial charge in [-0.1, -0.05) is 26.0 Å². The van der Waals surface area contributed by atoms with Gasteiger partial charge >= 0.3 is 0 Å². The minimum atomic E-state index is -0.373. The lowest BCUT2D eigenvalue weighted by Gasteiger charge is -2.09. The fraction of sp³-hybridized carbons (Fsp3) is 0.375. The van der Waals surface area contributed by atoms with Crippen LogP contribution in [0.15, 0.2) is 30.6 Å². The van der Waals surface area contributed by atoms with Crippen LogP contribution in [0.2, 0.25) is 0 Å². The Hall–Kier alpha value is -2.01. The predicted octanol–water partition coefficient (Wildman–Crippen LogP) is 3.46. The SMILES string of the molecule is Cc1cccc(Oc2cncc(CNCC(C)C)n2)c1F. The Labute approximate surface area is 124 Å². The smallest absolute Gasteiger partial charge is 0.238 e. The summed E-state index contributed by atoms with van der Waals surface area (Å²) in [6.07, 6.45) is 3.15. The second-order valence-corrected chi connectivity index (χ2v) is 5.36. The Morgan fingerprint density at radius 3 is 2.86 bits per heavy atom. The van der Waals surface area contributed by atoms with Crippen molar-refractivity contribution in [2.45, 2.75) is 27.3 Å². The third-order valence-electron chi connectivity index (χ3n) is 2.89. The molecule has 0 aliphatic heterocycles. The largest absolute Gasteiger partial charge is 0.434 e. The summed E-state index contributed by atoms with van der Waals surface area (Å²) < 4.78 is 19.4. The number of hydrogen-bond acceptors (Lipinski definition) is 4. The number of ether oxygens (including phenoxy) is 1. The Morgan fingerprint density at radius 2 is 2.10 bits per heavy atom. The Morgan fingerprint density at radius 1 is 1.29 bits per heavy atom. The van der Waals surface area contributed by atoms with Crippen molar-refractivity contribution < 1.29 is 9.13 Å². The molecule has 5 heteroatoms. The number of benzene rings is 1. The molecule has 0 bridgehead atoms. The lowest BCUT2D eigenvalue weighted by atomic mass is 10.2. The van der Waals surface area contributed by atoms with Gasteiger partial charge in [-0.25, -0.2) is 9.37 Å². The van der Waals surface area contributed by atoms with Crippen LogP contribution in [-0.2, 0) is 6.54 Å². The number of aryl methyl sites for hydroxylation is 1. The molecule has 0 spiro atoms. The molecule has 2 rings (SSSR count). The lowest BCUT2D eigenvalue weighted by molar-refractivity contribution is 0.420. The summed E-state index contributed by atoms with van der Waals surface area (Å²) in [7, 11) is 0. The summed E-state index contributed by atoms with van der Waals surface area (Å²) in [5, 5.41) is 3.28. The maximum Gasteiger partial charge on any atom is 0.238 e. The molecule has 0 aliphatic carbocycles. The van der Waals surface area contributed by atoms with E-state index in [0.29, 0.717) is 23.9 Å². The molecule has 1 heterocycles. The molecule has 1 N–H and O–H groups in total. The van der Waals surface area contributed by atoms with Crippen LogP contribution in [-0.4, -0.2) is 16.5 Å². The summed E-state index contributed by atoms with van der Waals surface area (Å²) in [6.45, 7) is 7.48. The highest BCUT2D eigenvalue weighted by atomic mass is 19.1. The van der Waals surface area contributed by atoms with Gasteiger partial charge in [-0.3, -0.25) is 4.98 Å². The molecule has 0 radical (unpaired) electrons. The molecule has 0 unspecified atom stereocenters. The molecule has 21 heavy (non-hydrogen) atoms. The third kappa shape index (κ3) is 4.49. The van der Waals surface area contributed by atoms with E-state index in [1.807, 2.05) is 0 Å². The molecule has 0 fully saturated rings. The van der Waals surface area contributed by atoms with Crippen molar-refractivity contribution in [3.63, 3.8) is 0 Å². The summed E-state index contributed by atoms with van der Waals surface area (Å²) in [4.78, 5) is 8.40. The predicted molar refractivity (Wildman–Crippen MR) is 79.8 cm³/mol. The zero-order valence-electron chi connectivity index (χ0n) is 12.6. The van der Waals surface area contributed by atoms with Gasteiger partial charge in [0.1, 0.15) is 0 Å². The van der Waals surface area contributed by atoms with Crippen LogP contribution in [0.1, 0.15) is 25.1 Å². The van der Waals surface area contributed by atoms with Crippen molar-refractivity contribution in [3.05, 3.63) is 47.7 Å². The summed E-state index contributed by atoms with van der Waals surface area (Å²) in [5.41, 5.74) is 1.30. The standard InChI is InChI=1S/C16H20FN3O/c1-11(2)7-18-8-13-9-19-10-15(20-13)21-14-6-4-5-12(3)16(14)17/h4-6,9-11,18H,7-8H2,1-3H3. The Balaban J connectivity index is 2.05. The molecule has 1 aromatic heterocycles. The average Bonchev–Trinajstić information content (AvgIpc) is 2.44. The molecule has 4 nitrogen and oxygen atoms in total. The number of hydrogen-bond donors (Lipinski definition) is 1. The first-order valence-electron chi connectivity index (χ1n) is 7.01. The van der Waals surface area contributed by atoms with E-state index in [0.717, 1.165) is 12.2 Å². The van der Waals surface area contributed by atoms with Crippen molar-refractivity contribution in [2.24, 2.45) is 5.92 Å². The second-order valence-electron chi connectivity index (χ2n) is 5.36. The summed E-state index contributed by atoms with van der Waals surface area (Å²) >= 11 is 0. The molecule has 1 aromatic carbocycles. The van der Waals surface area contributed by atoms with Crippen LogP contribution >= 0.6 is 0 Å². The Bertz CT molecular complexity index is 602. The van der Waals surface area contributed by atoms with E-state index in [4.69, 9.17) is 4.74 Å². The van der Waals surface area contributed by atoms with Gasteiger partial charge in [0.05, 0.1) is 11.9 Å². The first-order valence-corrected chi connectivity index (χ1v) is 7.01. The molecular weight excluding hydrogens is 269 g/mol. The number of nitrogens with zero attached hydrogens (tertiary/aromatic N) is 2. The molecular formula is C16H20FN3O. The fourth-order valence-corrected chi connectivity index (χ4v) is 1.82. The number of halogens is 1. The second kappa shape index (κ2) is 7.13. The van der Waals surface area contributed by atoms with E-state index >= 15 is 0 Å². The van der Waals surface area contributed by atoms with Crippen molar-refractivity contribution in [3.8, 4) is 11.6 Å². The zero-order valence-corrected chi connectivity index (χ0v) is 12.6. The first-order chi connectivity index (χ1) is 10.1. The highest BCUT2D eigenvalue weighted by molar-refractivity contribution is 5.32. The molecule has 112 valence electrons. The maximum atomic E-state index is 13.9. The van der Waals surface area contributed by atoms with Crippen LogP contribution in [0.5, 0.6) is 11.6 Å². The van der Waals surface area contributed by atoms with Crippen LogP contribution in [0.4, 0.5) is 4.39 Å². The van der Waals surface area contributed by atoms with Crippen molar-refractivity contribution in [1.82, 2.24) is 15.3 Å². The van der Waals surface area contributed by atoms with E-state index in [9.17, 15) is 4.39 Å². The van der Waals surface area contributed by atoms with Crippen LogP contribution < -0.4 is 10.1 Å². The minimum absolute atomic E-state index is 0.164. The number of aromatic nitrogens is 2. The van der Waals surface area contributed by atoms with Gasteiger partial charge in [0.2, 0.25) is 5.88 Å². The lowest BCUT2D eigenvalue weighted by Crippen LogP contribution is -2.19. The molecule has 0 aliphatic rings. The highest BCUT2D eigenvalue weighted by Crippen LogP contribution is 2.24. The molecule has 0 saturated carbocycles. The topological polar surface area (TPSA) is 47.0 Å². The van der Waals surface area contributed by atoms with Gasteiger partial charge in [-0.2, -0.15) is 0 Å². The average molecular weight is 289 g/mol. The van der Waals surface area contributed by atoms with Crippen molar-refractivity contribution in [1.29, 1.82) is 0 Å². The Kier molecular flexibility index (Phi) is 5.22. The van der Waals surface area contributed by atoms with E-state index in [2.05, 4.69) is 29.1 Å². The highest BCUT2D eigenvalue weighted by Gasteiger charge is 2.08. The van der Waals surface area contributed by atoms with E-state index in [1.165, 1.54) is 6.20 Å². The summed E-state index contributed by atoms with van der Waals surface area (Å²) in [6, 6.07) is 5.02. The van der Waals surface area contributed by atoms with Gasteiger partial charge in [0.15, 0.2) is 11.6 Å². The summed E-state index contributed by atoms with van der Waals surface area (Å²) in [5.74, 6) is 0.654. The van der Waals surface area contributed by atoms with Crippen LogP contribution in [0, 0.1) is 18.7 Å². The molecule has 0 amide bonds. The van der Waals surface area contributed by atoms with Gasteiger partial charge in [-0.05, 0) is 31.0 Å². The van der Waals surface area contributed by atoms with E-state index in [1.54, 1.807) is 31.3 Å². The molecule has 0 saturated heterocycles. The normalized spacial score (nSPS) is 10.9. The van der Waals surface area contributed by atoms with Crippen molar-refractivity contribution in [2.75, 3.05) is 6.54 Å². The van der Waals surface area contributed by atoms with Crippen LogP contribution in [0.25, 0.3) is 0 Å². The van der Waals surface area contributed by atoms with Gasteiger partial charge in [0, 0.05) is 12.7 Å². The monoisotopic (exact) mass is 289 g/mol. The van der Waals surface area contributed by atoms with E-state index < -0.39 is 0 Å². The van der Waals surface area contributed by atoms with Gasteiger partial charge < -0.3 is 10.1 Å². The minimum Gasteiger partial charge on any atom is -0.434 e. The number of nitrogens with one attached hydrogen (secondary N) is 1. The first kappa shape index (κ1) is 15.4. The van der Waals surface area contributed by atoms with E-state index in [-0.39, 0.29) is 11.6 Å². The zero-order chi connectivity index (χ0) is 15.2. The number of rotatable bonds is 6. The molecule has 2 aromatic rings. The quantitative estimate of drug-likeness (QED) is 0.884. The third-order valence-corrected chi connectivity index (χ3v) is 2.89. The molecule has 0 atom stereocenters. The maximum absolute atomic E-state index is 13.9. The fourth-order valence-electron chi connectivity index (χ4n) is 1.82. The van der Waals surface area contributed by atoms with Gasteiger partial charge in [-0.15, -0.1) is 0 Å². The van der Waals surface area contributed by atoms with Crippen LogP contribution in [0.3, 0.4) is 0 Å². The van der Waals surface area contributed by atoms with Crippen molar-refractivity contribution >= 4 is 0 Å². The van der Waals surface area contributed by atoms with Gasteiger partial charge in [0.25, 0.3) is 0 Å².